The summed E-state index contributed by atoms with van der Waals surface area (Å²) in [6.45, 7) is 8.48. The number of carbonyl (C=O) groups excluding carboxylic acids is 2. The number of benzene rings is 2. The van der Waals surface area contributed by atoms with Crippen LogP contribution < -0.4 is 14.4 Å². The number of nitrogens with zero attached hydrogens (tertiary/aromatic N) is 2. The molecule has 0 aliphatic rings. The lowest BCUT2D eigenvalue weighted by atomic mass is 10.1. The Morgan fingerprint density at radius 2 is 1.71 bits per heavy atom. The van der Waals surface area contributed by atoms with E-state index < -0.39 is 34.1 Å². The number of sulfonamides is 1. The molecule has 0 aliphatic carbocycles. The molecule has 0 aromatic heterocycles. The molecule has 0 saturated heterocycles. The Labute approximate surface area is 213 Å². The molecule has 1 unspecified atom stereocenters. The third-order valence-electron chi connectivity index (χ3n) is 5.36. The predicted molar refractivity (Wildman–Crippen MR) is 139 cm³/mol. The van der Waals surface area contributed by atoms with E-state index in [4.69, 9.17) is 16.3 Å². The summed E-state index contributed by atoms with van der Waals surface area (Å²) in [4.78, 5) is 27.9. The van der Waals surface area contributed by atoms with Gasteiger partial charge in [-0.05, 0) is 70.0 Å². The summed E-state index contributed by atoms with van der Waals surface area (Å²) in [5, 5.41) is 3.27. The van der Waals surface area contributed by atoms with Crippen molar-refractivity contribution in [3.05, 3.63) is 58.6 Å². The second-order valence-electron chi connectivity index (χ2n) is 9.44. The minimum Gasteiger partial charge on any atom is -0.497 e. The third kappa shape index (κ3) is 7.86. The maximum atomic E-state index is 13.6. The zero-order valence-electron chi connectivity index (χ0n) is 21.3. The topological polar surface area (TPSA) is 96.0 Å². The highest BCUT2D eigenvalue weighted by Crippen LogP contribution is 2.28. The summed E-state index contributed by atoms with van der Waals surface area (Å²) < 4.78 is 31.6. The van der Waals surface area contributed by atoms with E-state index in [-0.39, 0.29) is 12.5 Å². The molecule has 0 radical (unpaired) electrons. The minimum atomic E-state index is -3.83. The third-order valence-corrected chi connectivity index (χ3v) is 6.90. The van der Waals surface area contributed by atoms with E-state index in [1.807, 2.05) is 20.8 Å². The molecule has 0 spiro atoms. The van der Waals surface area contributed by atoms with E-state index in [0.717, 1.165) is 16.1 Å². The molecule has 192 valence electrons. The highest BCUT2D eigenvalue weighted by Gasteiger charge is 2.32. The fourth-order valence-corrected chi connectivity index (χ4v) is 4.51. The average Bonchev–Trinajstić information content (AvgIpc) is 2.76. The van der Waals surface area contributed by atoms with Crippen LogP contribution in [0.1, 0.15) is 38.8 Å². The van der Waals surface area contributed by atoms with Gasteiger partial charge in [-0.15, -0.1) is 0 Å². The van der Waals surface area contributed by atoms with Crippen LogP contribution >= 0.6 is 11.6 Å². The zero-order chi connectivity index (χ0) is 26.6. The van der Waals surface area contributed by atoms with Gasteiger partial charge in [0, 0.05) is 17.1 Å². The van der Waals surface area contributed by atoms with Gasteiger partial charge < -0.3 is 15.0 Å². The second kappa shape index (κ2) is 11.3. The normalized spacial score (nSPS) is 12.6. The number of halogens is 1. The van der Waals surface area contributed by atoms with Gasteiger partial charge in [-0.2, -0.15) is 0 Å². The van der Waals surface area contributed by atoms with Crippen molar-refractivity contribution < 1.29 is 22.7 Å². The van der Waals surface area contributed by atoms with Gasteiger partial charge in [0.1, 0.15) is 18.3 Å². The van der Waals surface area contributed by atoms with E-state index in [1.165, 1.54) is 4.90 Å². The van der Waals surface area contributed by atoms with Gasteiger partial charge in [-0.1, -0.05) is 29.8 Å². The lowest BCUT2D eigenvalue weighted by Gasteiger charge is -2.33. The highest BCUT2D eigenvalue weighted by atomic mass is 35.5. The first-order valence-electron chi connectivity index (χ1n) is 11.1. The summed E-state index contributed by atoms with van der Waals surface area (Å²) in [6.07, 6.45) is 1.03. The Bertz CT molecular complexity index is 1160. The van der Waals surface area contributed by atoms with Gasteiger partial charge in [-0.3, -0.25) is 13.9 Å². The van der Waals surface area contributed by atoms with Gasteiger partial charge >= 0.3 is 0 Å². The quantitative estimate of drug-likeness (QED) is 0.540. The molecule has 2 aromatic rings. The Hall–Kier alpha value is -2.78. The summed E-state index contributed by atoms with van der Waals surface area (Å²) in [5.74, 6) is -0.212. The summed E-state index contributed by atoms with van der Waals surface area (Å²) >= 11 is 6.21. The van der Waals surface area contributed by atoms with Crippen LogP contribution in [-0.2, 0) is 26.2 Å². The largest absolute Gasteiger partial charge is 0.497 e. The van der Waals surface area contributed by atoms with Crippen LogP contribution in [0.25, 0.3) is 0 Å². The van der Waals surface area contributed by atoms with Gasteiger partial charge in [0.2, 0.25) is 21.8 Å². The van der Waals surface area contributed by atoms with Gasteiger partial charge in [0.15, 0.2) is 0 Å². The highest BCUT2D eigenvalue weighted by molar-refractivity contribution is 7.92. The van der Waals surface area contributed by atoms with Crippen molar-refractivity contribution in [3.63, 3.8) is 0 Å². The maximum Gasteiger partial charge on any atom is 0.244 e. The van der Waals surface area contributed by atoms with Crippen LogP contribution in [0.5, 0.6) is 5.75 Å². The van der Waals surface area contributed by atoms with Crippen molar-refractivity contribution in [1.29, 1.82) is 0 Å². The van der Waals surface area contributed by atoms with Gasteiger partial charge in [-0.25, -0.2) is 8.42 Å². The van der Waals surface area contributed by atoms with E-state index in [0.29, 0.717) is 22.0 Å². The number of nitrogens with one attached hydrogen (secondary N) is 1. The van der Waals surface area contributed by atoms with E-state index >= 15 is 0 Å². The Kier molecular flexibility index (Phi) is 9.19. The lowest BCUT2D eigenvalue weighted by Crippen LogP contribution is -2.54. The van der Waals surface area contributed by atoms with E-state index in [9.17, 15) is 18.0 Å². The smallest absolute Gasteiger partial charge is 0.244 e. The first-order chi connectivity index (χ1) is 16.1. The molecule has 8 nitrogen and oxygen atoms in total. The summed E-state index contributed by atoms with van der Waals surface area (Å²) in [7, 11) is -2.28. The van der Waals surface area contributed by atoms with Crippen molar-refractivity contribution in [2.24, 2.45) is 0 Å². The predicted octanol–water partition coefficient (Wildman–Crippen LogP) is 3.76. The van der Waals surface area contributed by atoms with Crippen molar-refractivity contribution in [2.45, 2.75) is 52.7 Å². The molecular weight excluding hydrogens is 490 g/mol. The number of carbonyl (C=O) groups is 2. The van der Waals surface area contributed by atoms with Crippen molar-refractivity contribution in [1.82, 2.24) is 10.2 Å². The number of amides is 2. The lowest BCUT2D eigenvalue weighted by molar-refractivity contribution is -0.140. The molecule has 1 N–H and O–H groups in total. The van der Waals surface area contributed by atoms with Gasteiger partial charge in [0.05, 0.1) is 19.1 Å². The van der Waals surface area contributed by atoms with Crippen molar-refractivity contribution in [2.75, 3.05) is 24.2 Å². The first kappa shape index (κ1) is 28.5. The standard InChI is InChI=1S/C25H34ClN3O5S/c1-17-21(26)9-8-10-22(17)29(35(7,32)33)16-23(30)28(18(2)24(31)27-25(3,4)5)15-19-11-13-20(34-6)14-12-19/h8-14,18H,15-16H2,1-7H3,(H,27,31). The molecule has 0 aliphatic heterocycles. The van der Waals surface area contributed by atoms with E-state index in [2.05, 4.69) is 5.32 Å². The maximum absolute atomic E-state index is 13.6. The molecular formula is C25H34ClN3O5S. The number of ether oxygens (including phenoxy) is 1. The monoisotopic (exact) mass is 523 g/mol. The molecule has 0 bridgehead atoms. The van der Waals surface area contributed by atoms with Crippen molar-refractivity contribution in [3.8, 4) is 5.75 Å². The molecule has 2 amide bonds. The second-order valence-corrected chi connectivity index (χ2v) is 11.8. The molecule has 35 heavy (non-hydrogen) atoms. The Balaban J connectivity index is 2.44. The van der Waals surface area contributed by atoms with E-state index in [1.54, 1.807) is 63.4 Å². The first-order valence-corrected chi connectivity index (χ1v) is 13.3. The molecule has 2 aromatic carbocycles. The molecule has 2 rings (SSSR count). The van der Waals surface area contributed by atoms with Crippen LogP contribution in [0.3, 0.4) is 0 Å². The number of methoxy groups -OCH3 is 1. The minimum absolute atomic E-state index is 0.105. The fourth-order valence-electron chi connectivity index (χ4n) is 3.45. The number of hydrogen-bond acceptors (Lipinski definition) is 5. The molecule has 0 saturated carbocycles. The van der Waals surface area contributed by atoms with Crippen LogP contribution in [0.15, 0.2) is 42.5 Å². The average molecular weight is 524 g/mol. The zero-order valence-corrected chi connectivity index (χ0v) is 22.8. The Morgan fingerprint density at radius 1 is 1.11 bits per heavy atom. The molecule has 0 heterocycles. The van der Waals surface area contributed by atoms with Crippen LogP contribution in [0.4, 0.5) is 5.69 Å². The number of rotatable bonds is 9. The summed E-state index contributed by atoms with van der Waals surface area (Å²) in [5.41, 5.74) is 1.10. The molecule has 0 fully saturated rings. The molecule has 10 heteroatoms. The Morgan fingerprint density at radius 3 is 2.23 bits per heavy atom. The fraction of sp³-hybridized carbons (Fsp3) is 0.440. The van der Waals surface area contributed by atoms with Crippen molar-refractivity contribution >= 4 is 39.1 Å². The number of hydrogen-bond donors (Lipinski definition) is 1. The molecule has 1 atom stereocenters. The van der Waals surface area contributed by atoms with Crippen LogP contribution in [0, 0.1) is 6.92 Å². The van der Waals surface area contributed by atoms with Crippen LogP contribution in [-0.4, -0.2) is 56.6 Å². The summed E-state index contributed by atoms with van der Waals surface area (Å²) in [6, 6.07) is 11.1. The van der Waals surface area contributed by atoms with Gasteiger partial charge in [0.25, 0.3) is 0 Å². The number of anilines is 1. The SMILES string of the molecule is COc1ccc(CN(C(=O)CN(c2cccc(Cl)c2C)S(C)(=O)=O)C(C)C(=O)NC(C)(C)C)cc1. The van der Waals surface area contributed by atoms with Crippen LogP contribution in [0.2, 0.25) is 5.02 Å².